The average Bonchev–Trinajstić information content (AvgIpc) is 2.91. The fraction of sp³-hybridized carbons (Fsp3) is 0.833. The van der Waals surface area contributed by atoms with E-state index in [1.54, 1.807) is 27.7 Å². The van der Waals surface area contributed by atoms with Gasteiger partial charge in [-0.25, -0.2) is 0 Å². The Hall–Kier alpha value is -1.47. The van der Waals surface area contributed by atoms with Gasteiger partial charge in [-0.3, -0.25) is 0 Å². The first-order chi connectivity index (χ1) is 9.31. The van der Waals surface area contributed by atoms with Crippen LogP contribution in [0.1, 0.15) is 27.7 Å². The van der Waals surface area contributed by atoms with Crippen molar-refractivity contribution in [1.82, 2.24) is 0 Å². The van der Waals surface area contributed by atoms with Gasteiger partial charge in [0.25, 0.3) is 0 Å². The summed E-state index contributed by atoms with van der Waals surface area (Å²) in [6.45, 7) is 7.14. The van der Waals surface area contributed by atoms with Gasteiger partial charge in [0, 0.05) is 18.8 Å². The van der Waals surface area contributed by atoms with Gasteiger partial charge in [0.1, 0.15) is 24.5 Å². The predicted octanol–water partition coefficient (Wildman–Crippen LogP) is 2.17. The van der Waals surface area contributed by atoms with Gasteiger partial charge in [-0.1, -0.05) is 5.11 Å². The number of ether oxygens (including phenoxy) is 5. The minimum absolute atomic E-state index is 0.459. The molecule has 0 bridgehead atoms. The summed E-state index contributed by atoms with van der Waals surface area (Å²) < 4.78 is 28.2. The predicted molar refractivity (Wildman–Crippen MR) is 66.0 cm³/mol. The number of fused-ring (bicyclic) bond motifs is 1. The summed E-state index contributed by atoms with van der Waals surface area (Å²) in [6, 6.07) is -0.560. The molecule has 110 valence electrons. The summed E-state index contributed by atoms with van der Waals surface area (Å²) in [7, 11) is 0. The van der Waals surface area contributed by atoms with Gasteiger partial charge in [-0.05, 0) is 19.4 Å². The lowest BCUT2D eigenvalue weighted by atomic mass is 10.1. The summed E-state index contributed by atoms with van der Waals surface area (Å²) >= 11 is 0. The number of azide groups is 1. The first-order valence-corrected chi connectivity index (χ1v) is 6.43. The summed E-state index contributed by atoms with van der Waals surface area (Å²) in [5, 5.41) is 3.78. The Morgan fingerprint density at radius 1 is 1.20 bits per heavy atom. The van der Waals surface area contributed by atoms with E-state index in [1.165, 1.54) is 6.26 Å². The highest BCUT2D eigenvalue weighted by Gasteiger charge is 2.56. The van der Waals surface area contributed by atoms with E-state index in [2.05, 4.69) is 10.0 Å². The maximum absolute atomic E-state index is 8.75. The second-order valence-electron chi connectivity index (χ2n) is 5.86. The van der Waals surface area contributed by atoms with Gasteiger partial charge in [0.2, 0.25) is 5.79 Å². The van der Waals surface area contributed by atoms with Crippen LogP contribution in [0.4, 0.5) is 0 Å². The van der Waals surface area contributed by atoms with Crippen LogP contribution in [0.2, 0.25) is 0 Å². The zero-order chi connectivity index (χ0) is 14.5. The van der Waals surface area contributed by atoms with Gasteiger partial charge in [0.15, 0.2) is 17.8 Å². The molecule has 3 heterocycles. The molecule has 8 nitrogen and oxygen atoms in total. The van der Waals surface area contributed by atoms with Crippen LogP contribution < -0.4 is 0 Å². The second-order valence-corrected chi connectivity index (χ2v) is 5.86. The van der Waals surface area contributed by atoms with Crippen LogP contribution in [0.25, 0.3) is 10.4 Å². The average molecular weight is 283 g/mol. The lowest BCUT2D eigenvalue weighted by Gasteiger charge is -2.25. The quantitative estimate of drug-likeness (QED) is 0.439. The summed E-state index contributed by atoms with van der Waals surface area (Å²) in [5.74, 6) is -1.03. The Labute approximate surface area is 116 Å². The zero-order valence-electron chi connectivity index (χ0n) is 11.8. The van der Waals surface area contributed by atoms with E-state index in [4.69, 9.17) is 29.2 Å². The van der Waals surface area contributed by atoms with Crippen LogP contribution in [0.5, 0.6) is 0 Å². The Bertz CT molecular complexity index is 497. The number of hydrogen-bond donors (Lipinski definition) is 0. The standard InChI is InChI=1S/C12H17N3O5/c1-11(2)16-5-6(18-11)8-7(14-15-13)9-10(17-8)20-12(3,4)19-9/h5,7-10H,1-4H3/t7-,8-,9+,10+/m0/s1. The Balaban J connectivity index is 1.82. The van der Waals surface area contributed by atoms with E-state index >= 15 is 0 Å². The fourth-order valence-electron chi connectivity index (χ4n) is 2.57. The van der Waals surface area contributed by atoms with Crippen molar-refractivity contribution in [3.05, 3.63) is 22.5 Å². The van der Waals surface area contributed by atoms with Crippen molar-refractivity contribution in [1.29, 1.82) is 0 Å². The maximum Gasteiger partial charge on any atom is 0.244 e. The van der Waals surface area contributed by atoms with Crippen LogP contribution in [0.3, 0.4) is 0 Å². The molecular formula is C12H17N3O5. The van der Waals surface area contributed by atoms with E-state index in [1.807, 2.05) is 0 Å². The molecule has 0 aromatic carbocycles. The number of hydrogen-bond acceptors (Lipinski definition) is 6. The lowest BCUT2D eigenvalue weighted by molar-refractivity contribution is -0.209. The van der Waals surface area contributed by atoms with Crippen molar-refractivity contribution >= 4 is 0 Å². The minimum Gasteiger partial charge on any atom is -0.457 e. The Kier molecular flexibility index (Phi) is 2.88. The van der Waals surface area contributed by atoms with Crippen molar-refractivity contribution < 1.29 is 23.7 Å². The second kappa shape index (κ2) is 4.26. The van der Waals surface area contributed by atoms with Gasteiger partial charge in [-0.15, -0.1) is 0 Å². The first kappa shape index (κ1) is 13.5. The molecule has 20 heavy (non-hydrogen) atoms. The molecule has 0 N–H and O–H groups in total. The van der Waals surface area contributed by atoms with Crippen LogP contribution in [-0.4, -0.2) is 36.1 Å². The fourth-order valence-corrected chi connectivity index (χ4v) is 2.57. The van der Waals surface area contributed by atoms with E-state index in [0.29, 0.717) is 5.76 Å². The molecule has 0 radical (unpaired) electrons. The Morgan fingerprint density at radius 2 is 1.95 bits per heavy atom. The lowest BCUT2D eigenvalue weighted by Crippen LogP contribution is -2.35. The topological polar surface area (TPSA) is 94.9 Å². The smallest absolute Gasteiger partial charge is 0.244 e. The normalized spacial score (nSPS) is 40.3. The van der Waals surface area contributed by atoms with E-state index in [0.717, 1.165) is 0 Å². The molecule has 0 spiro atoms. The molecule has 2 fully saturated rings. The van der Waals surface area contributed by atoms with E-state index in [9.17, 15) is 0 Å². The van der Waals surface area contributed by atoms with Crippen molar-refractivity contribution in [2.75, 3.05) is 0 Å². The monoisotopic (exact) mass is 283 g/mol. The molecule has 0 aromatic heterocycles. The van der Waals surface area contributed by atoms with E-state index in [-0.39, 0.29) is 0 Å². The molecule has 4 atom stereocenters. The highest BCUT2D eigenvalue weighted by atomic mass is 16.8. The van der Waals surface area contributed by atoms with Crippen LogP contribution in [0.15, 0.2) is 17.1 Å². The first-order valence-electron chi connectivity index (χ1n) is 6.43. The highest BCUT2D eigenvalue weighted by molar-refractivity contribution is 5.13. The summed E-state index contributed by atoms with van der Waals surface area (Å²) in [5.41, 5.74) is 8.75. The van der Waals surface area contributed by atoms with Crippen molar-refractivity contribution in [2.45, 2.75) is 63.8 Å². The largest absolute Gasteiger partial charge is 0.457 e. The number of nitrogens with zero attached hydrogens (tertiary/aromatic N) is 3. The van der Waals surface area contributed by atoms with Crippen molar-refractivity contribution in [3.63, 3.8) is 0 Å². The molecule has 2 saturated heterocycles. The van der Waals surface area contributed by atoms with Gasteiger partial charge in [-0.2, -0.15) is 0 Å². The molecule has 0 saturated carbocycles. The molecule has 0 aliphatic carbocycles. The van der Waals surface area contributed by atoms with Gasteiger partial charge in [0.05, 0.1) is 0 Å². The molecule has 3 aliphatic rings. The van der Waals surface area contributed by atoms with Crippen LogP contribution in [-0.2, 0) is 23.7 Å². The molecule has 0 unspecified atom stereocenters. The maximum atomic E-state index is 8.75. The molecular weight excluding hydrogens is 266 g/mol. The van der Waals surface area contributed by atoms with Crippen molar-refractivity contribution in [3.8, 4) is 0 Å². The molecule has 0 aromatic rings. The Morgan fingerprint density at radius 3 is 2.55 bits per heavy atom. The van der Waals surface area contributed by atoms with Crippen molar-refractivity contribution in [2.24, 2.45) is 5.11 Å². The minimum atomic E-state index is -0.760. The molecule has 3 rings (SSSR count). The van der Waals surface area contributed by atoms with Crippen LogP contribution in [0, 0.1) is 0 Å². The third kappa shape index (κ3) is 2.20. The van der Waals surface area contributed by atoms with E-state index < -0.39 is 36.1 Å². The molecule has 8 heteroatoms. The molecule has 3 aliphatic heterocycles. The number of rotatable bonds is 2. The highest BCUT2D eigenvalue weighted by Crippen LogP contribution is 2.42. The summed E-state index contributed by atoms with van der Waals surface area (Å²) in [6.07, 6.45) is -0.131. The van der Waals surface area contributed by atoms with Gasteiger partial charge >= 0.3 is 0 Å². The third-order valence-electron chi connectivity index (χ3n) is 3.30. The summed E-state index contributed by atoms with van der Waals surface area (Å²) in [4.78, 5) is 2.87. The SMILES string of the molecule is CC1(C)OC=C([C@@H]2O[C@@H]3OC(C)(C)O[C@@H]3[C@H]2N=[N+]=[N-])O1. The molecule has 0 amide bonds. The zero-order valence-corrected chi connectivity index (χ0v) is 11.8. The van der Waals surface area contributed by atoms with Crippen LogP contribution >= 0.6 is 0 Å². The van der Waals surface area contributed by atoms with Gasteiger partial charge < -0.3 is 23.7 Å². The third-order valence-corrected chi connectivity index (χ3v) is 3.30.